The molecule has 3 fully saturated rings. The van der Waals surface area contributed by atoms with Crippen LogP contribution < -0.4 is 9.80 Å². The minimum atomic E-state index is 0.198. The van der Waals surface area contributed by atoms with Crippen molar-refractivity contribution in [3.8, 4) is 0 Å². The highest BCUT2D eigenvalue weighted by Gasteiger charge is 2.27. The van der Waals surface area contributed by atoms with Crippen LogP contribution >= 0.6 is 0 Å². The van der Waals surface area contributed by atoms with E-state index in [0.29, 0.717) is 12.2 Å². The van der Waals surface area contributed by atoms with E-state index < -0.39 is 0 Å². The Morgan fingerprint density at radius 2 is 1.62 bits per heavy atom. The van der Waals surface area contributed by atoms with E-state index in [4.69, 9.17) is 4.74 Å². The smallest absolute Gasteiger partial charge is 0.134 e. The van der Waals surface area contributed by atoms with Crippen LogP contribution in [0.1, 0.15) is 57.8 Å². The Hall–Kier alpha value is -1.40. The Kier molecular flexibility index (Phi) is 5.90. The van der Waals surface area contributed by atoms with Gasteiger partial charge >= 0.3 is 0 Å². The van der Waals surface area contributed by atoms with E-state index in [1.807, 2.05) is 0 Å². The maximum Gasteiger partial charge on any atom is 0.134 e. The Labute approximate surface area is 156 Å². The largest absolute Gasteiger partial charge is 0.394 e. The first kappa shape index (κ1) is 18.0. The van der Waals surface area contributed by atoms with Crippen molar-refractivity contribution in [2.75, 3.05) is 36.0 Å². The third-order valence-electron chi connectivity index (χ3n) is 6.22. The zero-order chi connectivity index (χ0) is 17.8. The summed E-state index contributed by atoms with van der Waals surface area (Å²) < 4.78 is 6.35. The molecule has 6 nitrogen and oxygen atoms in total. The lowest BCUT2D eigenvalue weighted by molar-refractivity contribution is -0.0395. The first-order valence-electron chi connectivity index (χ1n) is 10.4. The maximum atomic E-state index is 9.57. The van der Waals surface area contributed by atoms with Crippen LogP contribution in [0.3, 0.4) is 0 Å². The molecule has 1 aromatic heterocycles. The zero-order valence-corrected chi connectivity index (χ0v) is 15.7. The fraction of sp³-hybridized carbons (Fsp3) is 0.800. The number of rotatable bonds is 5. The molecule has 0 amide bonds. The molecule has 1 aromatic rings. The first-order chi connectivity index (χ1) is 12.8. The van der Waals surface area contributed by atoms with Gasteiger partial charge in [0.25, 0.3) is 0 Å². The fourth-order valence-corrected chi connectivity index (χ4v) is 4.69. The van der Waals surface area contributed by atoms with Gasteiger partial charge in [0.1, 0.15) is 18.0 Å². The molecule has 0 spiro atoms. The van der Waals surface area contributed by atoms with Gasteiger partial charge in [-0.1, -0.05) is 19.3 Å². The second-order valence-corrected chi connectivity index (χ2v) is 7.99. The Balaban J connectivity index is 1.33. The summed E-state index contributed by atoms with van der Waals surface area (Å²) in [6, 6.07) is 2.29. The number of aliphatic hydroxyl groups is 1. The van der Waals surface area contributed by atoms with E-state index in [2.05, 4.69) is 25.8 Å². The highest BCUT2D eigenvalue weighted by atomic mass is 16.5. The third kappa shape index (κ3) is 4.12. The van der Waals surface area contributed by atoms with E-state index >= 15 is 0 Å². The standard InChI is InChI=1S/C20H32N4O2/c25-14-16-5-4-10-24(16)20-13-19(21-15-22-20)23-11-8-18(9-12-23)26-17-6-2-1-3-7-17/h13,15-18,25H,1-12,14H2. The molecule has 1 aliphatic carbocycles. The Morgan fingerprint density at radius 3 is 2.38 bits per heavy atom. The van der Waals surface area contributed by atoms with Gasteiger partial charge in [-0.05, 0) is 38.5 Å². The van der Waals surface area contributed by atoms with Crippen LogP contribution in [0.25, 0.3) is 0 Å². The molecule has 0 radical (unpaired) electrons. The van der Waals surface area contributed by atoms with E-state index in [1.54, 1.807) is 6.33 Å². The fourth-order valence-electron chi connectivity index (χ4n) is 4.69. The van der Waals surface area contributed by atoms with E-state index in [1.165, 1.54) is 32.1 Å². The maximum absolute atomic E-state index is 9.57. The van der Waals surface area contributed by atoms with E-state index in [0.717, 1.165) is 57.0 Å². The van der Waals surface area contributed by atoms with Crippen LogP contribution in [0.5, 0.6) is 0 Å². The number of aromatic nitrogens is 2. The van der Waals surface area contributed by atoms with Crippen LogP contribution in [0.2, 0.25) is 0 Å². The highest BCUT2D eigenvalue weighted by molar-refractivity contribution is 5.51. The lowest BCUT2D eigenvalue weighted by Crippen LogP contribution is -2.39. The average molecular weight is 361 g/mol. The predicted molar refractivity (Wildman–Crippen MR) is 103 cm³/mol. The van der Waals surface area contributed by atoms with Crippen molar-refractivity contribution in [2.45, 2.75) is 76.0 Å². The van der Waals surface area contributed by atoms with Crippen LogP contribution in [0.4, 0.5) is 11.6 Å². The number of aliphatic hydroxyl groups excluding tert-OH is 1. The SMILES string of the molecule is OCC1CCCN1c1cc(N2CCC(OC3CCCCC3)CC2)ncn1. The second kappa shape index (κ2) is 8.53. The number of hydrogen-bond acceptors (Lipinski definition) is 6. The minimum Gasteiger partial charge on any atom is -0.394 e. The van der Waals surface area contributed by atoms with Gasteiger partial charge in [0.05, 0.1) is 24.9 Å². The zero-order valence-electron chi connectivity index (χ0n) is 15.7. The molecule has 1 N–H and O–H groups in total. The minimum absolute atomic E-state index is 0.198. The van der Waals surface area contributed by atoms with Crippen molar-refractivity contribution in [3.63, 3.8) is 0 Å². The molecule has 4 rings (SSSR count). The van der Waals surface area contributed by atoms with Crippen molar-refractivity contribution in [2.24, 2.45) is 0 Å². The van der Waals surface area contributed by atoms with Crippen LogP contribution in [-0.2, 0) is 4.74 Å². The number of hydrogen-bond donors (Lipinski definition) is 1. The van der Waals surface area contributed by atoms with Crippen molar-refractivity contribution >= 4 is 11.6 Å². The molecule has 26 heavy (non-hydrogen) atoms. The molecular formula is C20H32N4O2. The van der Waals surface area contributed by atoms with Gasteiger partial charge in [-0.15, -0.1) is 0 Å². The average Bonchev–Trinajstić information content (AvgIpc) is 3.18. The number of ether oxygens (including phenoxy) is 1. The molecule has 1 atom stereocenters. The molecule has 3 aliphatic rings. The number of anilines is 2. The molecule has 144 valence electrons. The van der Waals surface area contributed by atoms with Gasteiger partial charge in [-0.2, -0.15) is 0 Å². The van der Waals surface area contributed by atoms with Crippen LogP contribution in [0.15, 0.2) is 12.4 Å². The Morgan fingerprint density at radius 1 is 0.885 bits per heavy atom. The molecule has 2 saturated heterocycles. The Bertz CT molecular complexity index is 571. The number of nitrogens with zero attached hydrogens (tertiary/aromatic N) is 4. The quantitative estimate of drug-likeness (QED) is 0.871. The summed E-state index contributed by atoms with van der Waals surface area (Å²) in [5.41, 5.74) is 0. The lowest BCUT2D eigenvalue weighted by atomic mass is 9.97. The van der Waals surface area contributed by atoms with Gasteiger partial charge < -0.3 is 19.6 Å². The molecule has 0 bridgehead atoms. The summed E-state index contributed by atoms with van der Waals surface area (Å²) in [6.45, 7) is 3.16. The van der Waals surface area contributed by atoms with Gasteiger partial charge in [0.2, 0.25) is 0 Å². The van der Waals surface area contributed by atoms with Crippen LogP contribution in [-0.4, -0.2) is 59.6 Å². The summed E-state index contributed by atoms with van der Waals surface area (Å²) in [7, 11) is 0. The van der Waals surface area contributed by atoms with E-state index in [9.17, 15) is 5.11 Å². The lowest BCUT2D eigenvalue weighted by Gasteiger charge is -2.35. The first-order valence-corrected chi connectivity index (χ1v) is 10.4. The topological polar surface area (TPSA) is 61.7 Å². The van der Waals surface area contributed by atoms with Crippen molar-refractivity contribution < 1.29 is 9.84 Å². The van der Waals surface area contributed by atoms with Gasteiger partial charge in [0, 0.05) is 25.7 Å². The number of piperidine rings is 1. The molecule has 1 saturated carbocycles. The summed E-state index contributed by atoms with van der Waals surface area (Å²) in [5.74, 6) is 1.96. The van der Waals surface area contributed by atoms with E-state index in [-0.39, 0.29) is 12.6 Å². The van der Waals surface area contributed by atoms with Crippen molar-refractivity contribution in [3.05, 3.63) is 12.4 Å². The van der Waals surface area contributed by atoms with Gasteiger partial charge in [-0.3, -0.25) is 0 Å². The van der Waals surface area contributed by atoms with Gasteiger partial charge in [-0.25, -0.2) is 9.97 Å². The van der Waals surface area contributed by atoms with Crippen molar-refractivity contribution in [1.82, 2.24) is 9.97 Å². The highest BCUT2D eigenvalue weighted by Crippen LogP contribution is 2.28. The van der Waals surface area contributed by atoms with Crippen molar-refractivity contribution in [1.29, 1.82) is 0 Å². The van der Waals surface area contributed by atoms with Gasteiger partial charge in [0.15, 0.2) is 0 Å². The monoisotopic (exact) mass is 360 g/mol. The third-order valence-corrected chi connectivity index (χ3v) is 6.22. The molecule has 3 heterocycles. The van der Waals surface area contributed by atoms with Crippen LogP contribution in [0, 0.1) is 0 Å². The molecular weight excluding hydrogens is 328 g/mol. The summed E-state index contributed by atoms with van der Waals surface area (Å²) >= 11 is 0. The predicted octanol–water partition coefficient (Wildman–Crippen LogP) is 2.76. The summed E-state index contributed by atoms with van der Waals surface area (Å²) in [6.07, 6.45) is 13.4. The summed E-state index contributed by atoms with van der Waals surface area (Å²) in [4.78, 5) is 13.6. The normalized spacial score (nSPS) is 25.8. The summed E-state index contributed by atoms with van der Waals surface area (Å²) in [5, 5.41) is 9.57. The molecule has 2 aliphatic heterocycles. The molecule has 6 heteroatoms. The molecule has 1 unspecified atom stereocenters. The second-order valence-electron chi connectivity index (χ2n) is 7.99. The molecule has 0 aromatic carbocycles.